The fraction of sp³-hybridized carbons (Fsp3) is 0.625. The van der Waals surface area contributed by atoms with Crippen LogP contribution in [0.4, 0.5) is 0 Å². The van der Waals surface area contributed by atoms with E-state index in [0.717, 1.165) is 43.5 Å². The van der Waals surface area contributed by atoms with Gasteiger partial charge in [-0.3, -0.25) is 4.79 Å². The molecule has 1 aliphatic heterocycles. The number of carbonyl (C=O) groups is 1. The fourth-order valence-corrected chi connectivity index (χ4v) is 5.23. The molecule has 1 saturated heterocycles. The molecule has 2 fully saturated rings. The number of methoxy groups -OCH3 is 1. The van der Waals surface area contributed by atoms with Gasteiger partial charge in [-0.1, -0.05) is 29.4 Å². The zero-order valence-electron chi connectivity index (χ0n) is 19.1. The van der Waals surface area contributed by atoms with Crippen molar-refractivity contribution in [1.29, 1.82) is 0 Å². The highest BCUT2D eigenvalue weighted by Gasteiger charge is 2.44. The second-order valence-corrected chi connectivity index (χ2v) is 9.28. The largest absolute Gasteiger partial charge is 0.380 e. The van der Waals surface area contributed by atoms with Gasteiger partial charge in [-0.15, -0.1) is 0 Å². The maximum Gasteiger partial charge on any atom is 0.226 e. The molecule has 0 unspecified atom stereocenters. The van der Waals surface area contributed by atoms with E-state index < -0.39 is 0 Å². The normalized spacial score (nSPS) is 25.8. The van der Waals surface area contributed by atoms with Crippen LogP contribution < -0.4 is 0 Å². The van der Waals surface area contributed by atoms with Crippen molar-refractivity contribution in [3.05, 3.63) is 35.7 Å². The highest BCUT2D eigenvalue weighted by molar-refractivity contribution is 5.76. The predicted molar refractivity (Wildman–Crippen MR) is 118 cm³/mol. The molecule has 168 valence electrons. The van der Waals surface area contributed by atoms with Gasteiger partial charge >= 0.3 is 0 Å². The Morgan fingerprint density at radius 3 is 2.68 bits per heavy atom. The number of carbonyl (C=O) groups excluding carboxylic acids is 1. The quantitative estimate of drug-likeness (QED) is 0.677. The summed E-state index contributed by atoms with van der Waals surface area (Å²) in [6.07, 6.45) is 4.26. The summed E-state index contributed by atoms with van der Waals surface area (Å²) in [6.45, 7) is 3.77. The molecule has 1 aliphatic carbocycles. The van der Waals surface area contributed by atoms with E-state index in [9.17, 15) is 4.79 Å². The summed E-state index contributed by atoms with van der Waals surface area (Å²) in [5, 5.41) is 4.11. The second-order valence-electron chi connectivity index (χ2n) is 9.28. The molecule has 4 atom stereocenters. The van der Waals surface area contributed by atoms with E-state index in [1.54, 1.807) is 7.11 Å². The first-order valence-corrected chi connectivity index (χ1v) is 11.3. The van der Waals surface area contributed by atoms with Crippen molar-refractivity contribution in [3.8, 4) is 11.4 Å². The molecular formula is C24H34N4O3. The van der Waals surface area contributed by atoms with Crippen molar-refractivity contribution < 1.29 is 14.1 Å². The molecule has 0 radical (unpaired) electrons. The van der Waals surface area contributed by atoms with Crippen LogP contribution in [0.25, 0.3) is 11.4 Å². The number of fused-ring (bicyclic) bond motifs is 1. The molecule has 31 heavy (non-hydrogen) atoms. The summed E-state index contributed by atoms with van der Waals surface area (Å²) in [6, 6.07) is 8.43. The first kappa shape index (κ1) is 22.0. The van der Waals surface area contributed by atoms with Crippen molar-refractivity contribution >= 4 is 5.91 Å². The summed E-state index contributed by atoms with van der Waals surface area (Å²) in [5.74, 6) is 2.58. The lowest BCUT2D eigenvalue weighted by molar-refractivity contribution is -0.130. The van der Waals surface area contributed by atoms with E-state index >= 15 is 0 Å². The molecule has 1 amide bonds. The van der Waals surface area contributed by atoms with E-state index in [4.69, 9.17) is 9.26 Å². The van der Waals surface area contributed by atoms with Crippen molar-refractivity contribution in [2.45, 2.75) is 51.2 Å². The van der Waals surface area contributed by atoms with Crippen molar-refractivity contribution in [2.75, 3.05) is 34.3 Å². The third-order valence-electron chi connectivity index (χ3n) is 7.04. The minimum absolute atomic E-state index is 0.239. The lowest BCUT2D eigenvalue weighted by Gasteiger charge is -2.40. The van der Waals surface area contributed by atoms with Gasteiger partial charge in [0.15, 0.2) is 0 Å². The summed E-state index contributed by atoms with van der Waals surface area (Å²) in [7, 11) is 6.05. The third-order valence-corrected chi connectivity index (χ3v) is 7.04. The number of nitrogens with zero attached hydrogens (tertiary/aromatic N) is 4. The lowest BCUT2D eigenvalue weighted by Crippen LogP contribution is -2.47. The number of aryl methyl sites for hydroxylation is 2. The summed E-state index contributed by atoms with van der Waals surface area (Å²) >= 11 is 0. The van der Waals surface area contributed by atoms with Crippen molar-refractivity contribution in [2.24, 2.45) is 11.8 Å². The first-order chi connectivity index (χ1) is 15.0. The van der Waals surface area contributed by atoms with Gasteiger partial charge in [-0.2, -0.15) is 4.98 Å². The lowest BCUT2D eigenvalue weighted by atomic mass is 9.77. The van der Waals surface area contributed by atoms with Gasteiger partial charge < -0.3 is 19.1 Å². The smallest absolute Gasteiger partial charge is 0.226 e. The minimum Gasteiger partial charge on any atom is -0.380 e. The van der Waals surface area contributed by atoms with Gasteiger partial charge in [-0.05, 0) is 57.7 Å². The highest BCUT2D eigenvalue weighted by Crippen LogP contribution is 2.39. The first-order valence-electron chi connectivity index (χ1n) is 11.3. The van der Waals surface area contributed by atoms with Crippen LogP contribution in [0, 0.1) is 18.8 Å². The van der Waals surface area contributed by atoms with E-state index in [1.165, 1.54) is 0 Å². The number of rotatable bonds is 7. The molecule has 7 nitrogen and oxygen atoms in total. The Morgan fingerprint density at radius 2 is 1.97 bits per heavy atom. The standard InChI is InChI=1S/C24H34N4O3/c1-16-8-5-6-9-19(16)24-25-22(31-26-24)10-7-11-23(29)28-14-17-12-20(27(2)3)21(30-4)13-18(17)15-28/h5-6,8-9,17-18,20-21H,7,10-15H2,1-4H3/t17-,18+,20-,21-/m1/s1. The third kappa shape index (κ3) is 4.83. The Hall–Kier alpha value is -2.25. The Balaban J connectivity index is 1.27. The number of amides is 1. The molecule has 7 heteroatoms. The Bertz CT molecular complexity index is 896. The van der Waals surface area contributed by atoms with Gasteiger partial charge in [-0.25, -0.2) is 0 Å². The second kappa shape index (κ2) is 9.49. The fourth-order valence-electron chi connectivity index (χ4n) is 5.23. The number of hydrogen-bond acceptors (Lipinski definition) is 6. The Morgan fingerprint density at radius 1 is 1.23 bits per heavy atom. The van der Waals surface area contributed by atoms with Crippen LogP contribution in [0.3, 0.4) is 0 Å². The molecule has 1 saturated carbocycles. The van der Waals surface area contributed by atoms with E-state index in [-0.39, 0.29) is 12.0 Å². The number of benzene rings is 1. The SMILES string of the molecule is CO[C@@H]1C[C@H]2CN(C(=O)CCCc3nc(-c4ccccc4C)no3)C[C@H]2C[C@H]1N(C)C. The zero-order chi connectivity index (χ0) is 22.0. The van der Waals surface area contributed by atoms with Gasteiger partial charge in [0.25, 0.3) is 0 Å². The topological polar surface area (TPSA) is 71.7 Å². The summed E-state index contributed by atoms with van der Waals surface area (Å²) in [5.41, 5.74) is 2.10. The average molecular weight is 427 g/mol. The number of likely N-dealkylation sites (N-methyl/N-ethyl adjacent to an activating group) is 1. The molecule has 2 aliphatic rings. The average Bonchev–Trinajstić information content (AvgIpc) is 3.39. The summed E-state index contributed by atoms with van der Waals surface area (Å²) < 4.78 is 11.2. The zero-order valence-corrected chi connectivity index (χ0v) is 19.1. The molecule has 0 bridgehead atoms. The van der Waals surface area contributed by atoms with E-state index in [2.05, 4.69) is 34.0 Å². The van der Waals surface area contributed by atoms with Crippen LogP contribution in [0.1, 0.15) is 37.1 Å². The van der Waals surface area contributed by atoms with Crippen molar-refractivity contribution in [3.63, 3.8) is 0 Å². The Labute approximate surface area is 184 Å². The number of ether oxygens (including phenoxy) is 1. The maximum absolute atomic E-state index is 12.8. The van der Waals surface area contributed by atoms with Gasteiger partial charge in [0.2, 0.25) is 17.6 Å². The van der Waals surface area contributed by atoms with Gasteiger partial charge in [0, 0.05) is 44.6 Å². The molecule has 2 heterocycles. The minimum atomic E-state index is 0.239. The molecule has 1 aromatic heterocycles. The number of hydrogen-bond donors (Lipinski definition) is 0. The maximum atomic E-state index is 12.8. The van der Waals surface area contributed by atoms with Crippen molar-refractivity contribution in [1.82, 2.24) is 19.9 Å². The molecular weight excluding hydrogens is 392 g/mol. The van der Waals surface area contributed by atoms with Gasteiger partial charge in [0.05, 0.1) is 6.10 Å². The van der Waals surface area contributed by atoms with Crippen LogP contribution in [-0.2, 0) is 16.0 Å². The van der Waals surface area contributed by atoms with Crippen LogP contribution >= 0.6 is 0 Å². The van der Waals surface area contributed by atoms with Crippen LogP contribution in [-0.4, -0.2) is 72.3 Å². The number of likely N-dealkylation sites (tertiary alicyclic amines) is 1. The molecule has 0 N–H and O–H groups in total. The molecule has 1 aromatic carbocycles. The van der Waals surface area contributed by atoms with Crippen LogP contribution in [0.15, 0.2) is 28.8 Å². The van der Waals surface area contributed by atoms with Crippen LogP contribution in [0.5, 0.6) is 0 Å². The van der Waals surface area contributed by atoms with Gasteiger partial charge in [0.1, 0.15) is 0 Å². The van der Waals surface area contributed by atoms with Crippen LogP contribution in [0.2, 0.25) is 0 Å². The monoisotopic (exact) mass is 426 g/mol. The molecule has 0 spiro atoms. The predicted octanol–water partition coefficient (Wildman–Crippen LogP) is 3.18. The Kier molecular flexibility index (Phi) is 6.72. The number of aromatic nitrogens is 2. The van der Waals surface area contributed by atoms with E-state index in [1.807, 2.05) is 31.2 Å². The summed E-state index contributed by atoms with van der Waals surface area (Å²) in [4.78, 5) is 21.7. The molecule has 4 rings (SSSR count). The van der Waals surface area contributed by atoms with E-state index in [0.29, 0.717) is 42.4 Å². The molecule has 2 aromatic rings. The highest BCUT2D eigenvalue weighted by atomic mass is 16.5.